The highest BCUT2D eigenvalue weighted by Gasteiger charge is 2.38. The van der Waals surface area contributed by atoms with Crippen molar-refractivity contribution in [3.8, 4) is 0 Å². The number of nitrogens with zero attached hydrogens (tertiary/aromatic N) is 3. The number of pyridine rings is 3. The highest BCUT2D eigenvalue weighted by Crippen LogP contribution is 2.34. The first-order chi connectivity index (χ1) is 15.2. The number of hydrogen-bond donors (Lipinski definition) is 4. The number of amides is 3. The number of rotatable bonds is 6. The molecule has 0 aliphatic heterocycles. The highest BCUT2D eigenvalue weighted by atomic mass is 16.3. The summed E-state index contributed by atoms with van der Waals surface area (Å²) in [4.78, 5) is 46.8. The topological polar surface area (TPSA) is 146 Å². The van der Waals surface area contributed by atoms with Crippen LogP contribution in [0.4, 0.5) is 17.1 Å². The third kappa shape index (κ3) is 5.10. The molecule has 0 aromatic carbocycles. The van der Waals surface area contributed by atoms with E-state index in [1.807, 2.05) is 0 Å². The molecule has 3 heterocycles. The van der Waals surface area contributed by atoms with Gasteiger partial charge in [-0.1, -0.05) is 0 Å². The van der Waals surface area contributed by atoms with Crippen molar-refractivity contribution in [1.29, 1.82) is 0 Å². The summed E-state index contributed by atoms with van der Waals surface area (Å²) in [6.45, 7) is 4.14. The summed E-state index contributed by atoms with van der Waals surface area (Å²) in [7, 11) is 0. The molecule has 0 bridgehead atoms. The predicted molar refractivity (Wildman–Crippen MR) is 118 cm³/mol. The first kappa shape index (κ1) is 22.5. The number of hydrogen-bond acceptors (Lipinski definition) is 7. The molecule has 0 saturated heterocycles. The number of aromatic nitrogens is 3. The van der Waals surface area contributed by atoms with E-state index in [0.29, 0.717) is 17.1 Å². The van der Waals surface area contributed by atoms with Crippen molar-refractivity contribution in [3.05, 3.63) is 72.1 Å². The maximum atomic E-state index is 11.8. The maximum absolute atomic E-state index is 11.8. The SMILES string of the molecule is CC(=O)Nc1ccc(C(O)(c2ccc(NC(C)=O)cn2)c2ccc(NC(C)=O)cn2)nc1. The lowest BCUT2D eigenvalue weighted by Gasteiger charge is -2.27. The standard InChI is InChI=1S/C22H22N6O4/c1-13(29)26-16-4-7-19(23-10-16)22(32,20-8-5-17(11-24-20)27-14(2)30)21-9-6-18(12-25-21)28-15(3)31/h4-12,32H,1-3H3,(H,26,29)(H,27,30)(H,28,31). The van der Waals surface area contributed by atoms with Gasteiger partial charge in [0.15, 0.2) is 5.60 Å². The van der Waals surface area contributed by atoms with Gasteiger partial charge in [-0.3, -0.25) is 29.3 Å². The van der Waals surface area contributed by atoms with Crippen molar-refractivity contribution in [3.63, 3.8) is 0 Å². The van der Waals surface area contributed by atoms with Crippen LogP contribution in [0.3, 0.4) is 0 Å². The van der Waals surface area contributed by atoms with Gasteiger partial charge in [0.25, 0.3) is 0 Å². The number of nitrogens with one attached hydrogen (secondary N) is 3. The largest absolute Gasteiger partial charge is 0.372 e. The van der Waals surface area contributed by atoms with E-state index in [0.717, 1.165) is 0 Å². The zero-order valence-corrected chi connectivity index (χ0v) is 17.7. The van der Waals surface area contributed by atoms with E-state index in [2.05, 4.69) is 30.9 Å². The van der Waals surface area contributed by atoms with Gasteiger partial charge in [0.05, 0.1) is 52.7 Å². The van der Waals surface area contributed by atoms with Gasteiger partial charge in [-0.25, -0.2) is 0 Å². The van der Waals surface area contributed by atoms with E-state index >= 15 is 0 Å². The minimum atomic E-state index is -1.85. The van der Waals surface area contributed by atoms with Crippen LogP contribution in [-0.2, 0) is 20.0 Å². The fraction of sp³-hybridized carbons (Fsp3) is 0.182. The van der Waals surface area contributed by atoms with Crippen molar-refractivity contribution in [2.45, 2.75) is 26.4 Å². The summed E-state index contributed by atoms with van der Waals surface area (Å²) in [5, 5.41) is 19.7. The Labute approximate surface area is 184 Å². The van der Waals surface area contributed by atoms with Gasteiger partial charge < -0.3 is 21.1 Å². The molecule has 0 radical (unpaired) electrons. The quantitative estimate of drug-likeness (QED) is 0.464. The molecule has 3 amide bonds. The summed E-state index contributed by atoms with van der Waals surface area (Å²) in [6.07, 6.45) is 4.25. The van der Waals surface area contributed by atoms with E-state index in [4.69, 9.17) is 0 Å². The van der Waals surface area contributed by atoms with Crippen molar-refractivity contribution < 1.29 is 19.5 Å². The molecular formula is C22H22N6O4. The minimum Gasteiger partial charge on any atom is -0.372 e. The van der Waals surface area contributed by atoms with E-state index < -0.39 is 5.60 Å². The zero-order chi connectivity index (χ0) is 23.3. The number of carbonyl (C=O) groups excluding carboxylic acids is 3. The molecule has 3 aromatic rings. The smallest absolute Gasteiger partial charge is 0.221 e. The summed E-state index contributed by atoms with van der Waals surface area (Å²) in [5.41, 5.74) is 0.186. The molecule has 0 aliphatic carbocycles. The van der Waals surface area contributed by atoms with E-state index in [1.54, 1.807) is 36.4 Å². The average molecular weight is 434 g/mol. The van der Waals surface area contributed by atoms with Crippen LogP contribution in [0.2, 0.25) is 0 Å². The molecule has 0 saturated carbocycles. The fourth-order valence-corrected chi connectivity index (χ4v) is 3.05. The molecule has 10 heteroatoms. The number of anilines is 3. The first-order valence-electron chi connectivity index (χ1n) is 9.63. The Bertz CT molecular complexity index is 984. The maximum Gasteiger partial charge on any atom is 0.221 e. The van der Waals surface area contributed by atoms with Gasteiger partial charge >= 0.3 is 0 Å². The lowest BCUT2D eigenvalue weighted by atomic mass is 9.89. The third-order valence-corrected chi connectivity index (χ3v) is 4.36. The molecule has 0 fully saturated rings. The van der Waals surface area contributed by atoms with E-state index in [1.165, 1.54) is 39.4 Å². The predicted octanol–water partition coefficient (Wildman–Crippen LogP) is 2.03. The van der Waals surface area contributed by atoms with Crippen LogP contribution in [0, 0.1) is 0 Å². The molecule has 0 aliphatic rings. The molecule has 3 rings (SSSR count). The van der Waals surface area contributed by atoms with Gasteiger partial charge in [0, 0.05) is 20.8 Å². The third-order valence-electron chi connectivity index (χ3n) is 4.36. The van der Waals surface area contributed by atoms with Gasteiger partial charge in [-0.2, -0.15) is 0 Å². The number of carbonyl (C=O) groups is 3. The second kappa shape index (κ2) is 9.31. The van der Waals surface area contributed by atoms with Gasteiger partial charge in [-0.15, -0.1) is 0 Å². The molecule has 0 atom stereocenters. The van der Waals surface area contributed by atoms with Crippen LogP contribution in [-0.4, -0.2) is 37.8 Å². The molecule has 32 heavy (non-hydrogen) atoms. The second-order valence-electron chi connectivity index (χ2n) is 7.05. The second-order valence-corrected chi connectivity index (χ2v) is 7.05. The molecular weight excluding hydrogens is 412 g/mol. The Balaban J connectivity index is 2.07. The lowest BCUT2D eigenvalue weighted by Crippen LogP contribution is -2.32. The van der Waals surface area contributed by atoms with Crippen molar-refractivity contribution in [1.82, 2.24) is 15.0 Å². The Morgan fingerprint density at radius 2 is 0.906 bits per heavy atom. The molecule has 3 aromatic heterocycles. The van der Waals surface area contributed by atoms with E-state index in [9.17, 15) is 19.5 Å². The Morgan fingerprint density at radius 3 is 1.09 bits per heavy atom. The van der Waals surface area contributed by atoms with Gasteiger partial charge in [-0.05, 0) is 36.4 Å². The molecule has 4 N–H and O–H groups in total. The summed E-state index contributed by atoms with van der Waals surface area (Å²) >= 11 is 0. The van der Waals surface area contributed by atoms with Crippen LogP contribution >= 0.6 is 0 Å². The zero-order valence-electron chi connectivity index (χ0n) is 17.7. The van der Waals surface area contributed by atoms with Crippen LogP contribution in [0.1, 0.15) is 37.9 Å². The summed E-state index contributed by atoms with van der Waals surface area (Å²) < 4.78 is 0. The van der Waals surface area contributed by atoms with Crippen molar-refractivity contribution >= 4 is 34.8 Å². The van der Waals surface area contributed by atoms with Crippen LogP contribution in [0.25, 0.3) is 0 Å². The van der Waals surface area contributed by atoms with Crippen LogP contribution in [0.15, 0.2) is 55.0 Å². The molecule has 0 unspecified atom stereocenters. The summed E-state index contributed by atoms with van der Waals surface area (Å²) in [5.74, 6) is -0.749. The Kier molecular flexibility index (Phi) is 6.55. The molecule has 0 spiro atoms. The fourth-order valence-electron chi connectivity index (χ4n) is 3.05. The van der Waals surface area contributed by atoms with E-state index in [-0.39, 0.29) is 34.8 Å². The monoisotopic (exact) mass is 434 g/mol. The Hall–Kier alpha value is -4.18. The first-order valence-corrected chi connectivity index (χ1v) is 9.63. The average Bonchev–Trinajstić information content (AvgIpc) is 2.73. The lowest BCUT2D eigenvalue weighted by molar-refractivity contribution is -0.115. The Morgan fingerprint density at radius 1 is 0.625 bits per heavy atom. The highest BCUT2D eigenvalue weighted by molar-refractivity contribution is 5.89. The van der Waals surface area contributed by atoms with Crippen molar-refractivity contribution in [2.75, 3.05) is 16.0 Å². The normalized spacial score (nSPS) is 10.9. The van der Waals surface area contributed by atoms with Crippen molar-refractivity contribution in [2.24, 2.45) is 0 Å². The molecule has 164 valence electrons. The summed E-state index contributed by atoms with van der Waals surface area (Å²) in [6, 6.07) is 9.47. The molecule has 10 nitrogen and oxygen atoms in total. The van der Waals surface area contributed by atoms with Crippen LogP contribution in [0.5, 0.6) is 0 Å². The van der Waals surface area contributed by atoms with Gasteiger partial charge in [0.2, 0.25) is 17.7 Å². The van der Waals surface area contributed by atoms with Gasteiger partial charge in [0.1, 0.15) is 0 Å². The minimum absolute atomic E-state index is 0.214. The van der Waals surface area contributed by atoms with Crippen LogP contribution < -0.4 is 16.0 Å². The number of aliphatic hydroxyl groups is 1.